The molecule has 7 rings (SSSR count). The number of benzene rings is 4. The summed E-state index contributed by atoms with van der Waals surface area (Å²) in [7, 11) is 1.48. The number of allylic oxidation sites excluding steroid dienone is 1. The van der Waals surface area contributed by atoms with E-state index in [4.69, 9.17) is 14.5 Å². The highest BCUT2D eigenvalue weighted by Crippen LogP contribution is 2.41. The Morgan fingerprint density at radius 3 is 2.45 bits per heavy atom. The maximum atomic E-state index is 14.1. The summed E-state index contributed by atoms with van der Waals surface area (Å²) in [6.07, 6.45) is 3.21. The Balaban J connectivity index is 1.37. The summed E-state index contributed by atoms with van der Waals surface area (Å²) in [5, 5.41) is 12.2. The van der Waals surface area contributed by atoms with Crippen molar-refractivity contribution in [2.45, 2.75) is 25.5 Å². The van der Waals surface area contributed by atoms with Crippen LogP contribution in [-0.4, -0.2) is 16.6 Å². The Hall–Kier alpha value is -5.28. The molecule has 2 heterocycles. The van der Waals surface area contributed by atoms with E-state index in [1.807, 2.05) is 72.8 Å². The van der Waals surface area contributed by atoms with Crippen molar-refractivity contribution in [1.82, 2.24) is 4.57 Å². The van der Waals surface area contributed by atoms with Crippen LogP contribution in [0.1, 0.15) is 40.3 Å². The van der Waals surface area contributed by atoms with Gasteiger partial charge in [0, 0.05) is 5.56 Å². The maximum Gasteiger partial charge on any atom is 0.280 e. The van der Waals surface area contributed by atoms with E-state index < -0.39 is 4.92 Å². The van der Waals surface area contributed by atoms with Crippen LogP contribution in [0.3, 0.4) is 0 Å². The Morgan fingerprint density at radius 1 is 0.977 bits per heavy atom. The van der Waals surface area contributed by atoms with Crippen molar-refractivity contribution in [1.29, 1.82) is 0 Å². The Morgan fingerprint density at radius 2 is 1.70 bits per heavy atom. The Labute approximate surface area is 256 Å². The Kier molecular flexibility index (Phi) is 7.15. The van der Waals surface area contributed by atoms with E-state index in [1.165, 1.54) is 30.1 Å². The van der Waals surface area contributed by atoms with Crippen molar-refractivity contribution in [3.05, 3.63) is 160 Å². The minimum Gasteiger partial charge on any atom is -0.493 e. The third kappa shape index (κ3) is 4.91. The molecule has 0 amide bonds. The van der Waals surface area contributed by atoms with Crippen LogP contribution in [0.5, 0.6) is 11.5 Å². The second-order valence-electron chi connectivity index (χ2n) is 10.6. The molecule has 44 heavy (non-hydrogen) atoms. The fourth-order valence-corrected chi connectivity index (χ4v) is 6.94. The van der Waals surface area contributed by atoms with Gasteiger partial charge >= 0.3 is 0 Å². The summed E-state index contributed by atoms with van der Waals surface area (Å²) < 4.78 is 13.6. The summed E-state index contributed by atoms with van der Waals surface area (Å²) in [6.45, 7) is 0.222. The maximum absolute atomic E-state index is 14.1. The number of thiazole rings is 1. The molecule has 0 N–H and O–H groups in total. The van der Waals surface area contributed by atoms with Crippen LogP contribution in [-0.2, 0) is 13.0 Å². The van der Waals surface area contributed by atoms with Gasteiger partial charge in [0.2, 0.25) is 0 Å². The number of rotatable bonds is 7. The lowest BCUT2D eigenvalue weighted by molar-refractivity contribution is -0.385. The molecular formula is C35H27N3O5S. The smallest absolute Gasteiger partial charge is 0.280 e. The quantitative estimate of drug-likeness (QED) is 0.173. The zero-order chi connectivity index (χ0) is 30.2. The molecule has 0 spiro atoms. The van der Waals surface area contributed by atoms with Crippen molar-refractivity contribution in [3.8, 4) is 11.5 Å². The lowest BCUT2D eigenvalue weighted by atomic mass is 9.83. The fourth-order valence-electron chi connectivity index (χ4n) is 5.95. The van der Waals surface area contributed by atoms with Gasteiger partial charge in [0.25, 0.3) is 11.2 Å². The number of hydrogen-bond donors (Lipinski definition) is 0. The molecule has 218 valence electrons. The molecule has 0 saturated heterocycles. The van der Waals surface area contributed by atoms with E-state index in [0.29, 0.717) is 15.1 Å². The van der Waals surface area contributed by atoms with Gasteiger partial charge in [-0.05, 0) is 47.2 Å². The monoisotopic (exact) mass is 601 g/mol. The summed E-state index contributed by atoms with van der Waals surface area (Å²) in [6, 6.07) is 30.3. The predicted octanol–water partition coefficient (Wildman–Crippen LogP) is 5.81. The standard InChI is InChI=1S/C35H27N3O5S/c1-42-29-18-25(28(38(40)41)20-30(29)43-21-22-10-4-2-5-11-22)19-31-34(39)37-33(24-13-6-3-7-14-24)27-17-16-23-12-8-9-15-26(23)32(27)36-35(37)44-31/h2-15,18-20,33H,16-17,21H2,1H3/b31-19-/t33-/m0/s1. The number of nitro benzene ring substituents is 1. The molecular weight excluding hydrogens is 574 g/mol. The van der Waals surface area contributed by atoms with Crippen molar-refractivity contribution < 1.29 is 14.4 Å². The lowest BCUT2D eigenvalue weighted by Gasteiger charge is -2.30. The number of aryl methyl sites for hydroxylation is 1. The highest BCUT2D eigenvalue weighted by atomic mass is 32.1. The molecule has 0 unspecified atom stereocenters. The van der Waals surface area contributed by atoms with Gasteiger partial charge < -0.3 is 9.47 Å². The van der Waals surface area contributed by atoms with Crippen molar-refractivity contribution in [2.24, 2.45) is 4.99 Å². The summed E-state index contributed by atoms with van der Waals surface area (Å²) in [5.74, 6) is 0.580. The molecule has 2 aliphatic rings. The normalized spacial score (nSPS) is 15.6. The first kappa shape index (κ1) is 27.5. The largest absolute Gasteiger partial charge is 0.493 e. The zero-order valence-corrected chi connectivity index (χ0v) is 24.6. The molecule has 8 nitrogen and oxygen atoms in total. The van der Waals surface area contributed by atoms with E-state index in [0.717, 1.165) is 40.8 Å². The SMILES string of the molecule is COc1cc(/C=c2\sc3n(c2=O)[C@@H](c2ccccc2)C2=C(N=3)c3ccccc3CC2)c([N+](=O)[O-])cc1OCc1ccccc1. The fraction of sp³-hybridized carbons (Fsp3) is 0.143. The van der Waals surface area contributed by atoms with E-state index in [-0.39, 0.29) is 35.2 Å². The van der Waals surface area contributed by atoms with Gasteiger partial charge in [0.05, 0.1) is 39.9 Å². The molecule has 5 aromatic rings. The van der Waals surface area contributed by atoms with Gasteiger partial charge in [-0.25, -0.2) is 4.99 Å². The predicted molar refractivity (Wildman–Crippen MR) is 170 cm³/mol. The van der Waals surface area contributed by atoms with Crippen LogP contribution in [0.25, 0.3) is 11.8 Å². The van der Waals surface area contributed by atoms with E-state index in [1.54, 1.807) is 16.7 Å². The first-order valence-corrected chi connectivity index (χ1v) is 15.0. The molecule has 0 fully saturated rings. The number of fused-ring (bicyclic) bond motifs is 3. The van der Waals surface area contributed by atoms with Crippen molar-refractivity contribution >= 4 is 28.8 Å². The van der Waals surface area contributed by atoms with Gasteiger partial charge in [-0.2, -0.15) is 0 Å². The second kappa shape index (κ2) is 11.4. The van der Waals surface area contributed by atoms with E-state index >= 15 is 0 Å². The topological polar surface area (TPSA) is 96.0 Å². The number of nitrogens with zero attached hydrogens (tertiary/aromatic N) is 3. The van der Waals surface area contributed by atoms with E-state index in [9.17, 15) is 14.9 Å². The number of nitro groups is 1. The molecule has 0 radical (unpaired) electrons. The van der Waals surface area contributed by atoms with Gasteiger partial charge in [0.1, 0.15) is 6.61 Å². The molecule has 9 heteroatoms. The molecule has 1 aromatic heterocycles. The Bertz CT molecular complexity index is 2120. The summed E-state index contributed by atoms with van der Waals surface area (Å²) in [4.78, 5) is 31.5. The van der Waals surface area contributed by atoms with Gasteiger partial charge in [-0.15, -0.1) is 0 Å². The average molecular weight is 602 g/mol. The minimum absolute atomic E-state index is 0.187. The third-order valence-corrected chi connectivity index (χ3v) is 9.00. The summed E-state index contributed by atoms with van der Waals surface area (Å²) >= 11 is 1.23. The van der Waals surface area contributed by atoms with Crippen LogP contribution < -0.4 is 24.4 Å². The zero-order valence-electron chi connectivity index (χ0n) is 23.8. The highest BCUT2D eigenvalue weighted by molar-refractivity contribution is 7.07. The molecule has 4 aromatic carbocycles. The van der Waals surface area contributed by atoms with E-state index in [2.05, 4.69) is 12.1 Å². The first-order chi connectivity index (χ1) is 21.5. The van der Waals surface area contributed by atoms with Crippen molar-refractivity contribution in [3.63, 3.8) is 0 Å². The summed E-state index contributed by atoms with van der Waals surface area (Å²) in [5.41, 5.74) is 6.04. The van der Waals surface area contributed by atoms with Crippen LogP contribution in [0.2, 0.25) is 0 Å². The van der Waals surface area contributed by atoms with Crippen LogP contribution in [0.15, 0.2) is 112 Å². The lowest BCUT2D eigenvalue weighted by Crippen LogP contribution is -2.38. The number of ether oxygens (including phenoxy) is 2. The highest BCUT2D eigenvalue weighted by Gasteiger charge is 2.32. The molecule has 0 saturated carbocycles. The molecule has 0 bridgehead atoms. The number of methoxy groups -OCH3 is 1. The van der Waals surface area contributed by atoms with Gasteiger partial charge in [-0.1, -0.05) is 96.3 Å². The van der Waals surface area contributed by atoms with Crippen molar-refractivity contribution in [2.75, 3.05) is 7.11 Å². The van der Waals surface area contributed by atoms with Gasteiger partial charge in [-0.3, -0.25) is 19.5 Å². The molecule has 1 aliphatic carbocycles. The molecule has 1 aliphatic heterocycles. The number of aromatic nitrogens is 1. The van der Waals surface area contributed by atoms with Gasteiger partial charge in [0.15, 0.2) is 16.3 Å². The average Bonchev–Trinajstić information content (AvgIpc) is 3.37. The van der Waals surface area contributed by atoms with Crippen LogP contribution in [0.4, 0.5) is 5.69 Å². The third-order valence-electron chi connectivity index (χ3n) is 8.02. The van der Waals surface area contributed by atoms with Crippen LogP contribution in [0, 0.1) is 10.1 Å². The number of hydrogen-bond acceptors (Lipinski definition) is 7. The molecule has 1 atom stereocenters. The first-order valence-electron chi connectivity index (χ1n) is 14.2. The second-order valence-corrected chi connectivity index (χ2v) is 11.6. The minimum atomic E-state index is -0.472. The van der Waals surface area contributed by atoms with Crippen LogP contribution >= 0.6 is 11.3 Å².